The van der Waals surface area contributed by atoms with Gasteiger partial charge >= 0.3 is 0 Å². The number of allylic oxidation sites excluding steroid dienone is 1. The number of hydrogen-bond acceptors (Lipinski definition) is 2. The molecule has 3 heteroatoms. The minimum atomic E-state index is -0.0202. The minimum absolute atomic E-state index is 0.0202. The molecule has 0 saturated heterocycles. The summed E-state index contributed by atoms with van der Waals surface area (Å²) in [5.74, 6) is 0.255. The number of aromatic hydroxyl groups is 1. The first-order valence-electron chi connectivity index (χ1n) is 5.71. The van der Waals surface area contributed by atoms with Crippen LogP contribution in [0.3, 0.4) is 0 Å². The fourth-order valence-electron chi connectivity index (χ4n) is 2.43. The number of phenols is 1. The Kier molecular flexibility index (Phi) is 2.45. The molecule has 1 aliphatic carbocycles. The number of benzene rings is 2. The molecule has 0 spiro atoms. The molecule has 0 heterocycles. The predicted molar refractivity (Wildman–Crippen MR) is 71.9 cm³/mol. The number of amides is 1. The fraction of sp³-hybridized carbons (Fsp3) is 0.0667. The van der Waals surface area contributed by atoms with Gasteiger partial charge in [-0.05, 0) is 22.4 Å². The molecule has 0 fully saturated rings. The van der Waals surface area contributed by atoms with E-state index in [-0.39, 0.29) is 11.7 Å². The third kappa shape index (κ3) is 1.52. The zero-order chi connectivity index (χ0) is 12.5. The van der Waals surface area contributed by atoms with E-state index in [1.807, 2.05) is 36.4 Å². The summed E-state index contributed by atoms with van der Waals surface area (Å²) in [6.45, 7) is 0. The third-order valence-corrected chi connectivity index (χ3v) is 3.23. The normalized spacial score (nSPS) is 17.4. The van der Waals surface area contributed by atoms with Crippen LogP contribution in [0.15, 0.2) is 41.4 Å². The smallest absolute Gasteiger partial charge is 0.232 e. The molecule has 1 N–H and O–H groups in total. The van der Waals surface area contributed by atoms with Gasteiger partial charge in [0.25, 0.3) is 0 Å². The van der Waals surface area contributed by atoms with E-state index in [4.69, 9.17) is 0 Å². The Labute approximate surface area is 104 Å². The molecule has 2 aromatic rings. The van der Waals surface area contributed by atoms with E-state index in [9.17, 15) is 9.90 Å². The zero-order valence-corrected chi connectivity index (χ0v) is 9.58. The van der Waals surface area contributed by atoms with Crippen molar-refractivity contribution in [2.24, 2.45) is 4.99 Å². The van der Waals surface area contributed by atoms with Gasteiger partial charge < -0.3 is 5.11 Å². The summed E-state index contributed by atoms with van der Waals surface area (Å²) in [4.78, 5) is 14.0. The molecule has 0 radical (unpaired) electrons. The van der Waals surface area contributed by atoms with Gasteiger partial charge in [-0.1, -0.05) is 36.4 Å². The van der Waals surface area contributed by atoms with Crippen LogP contribution >= 0.6 is 0 Å². The second kappa shape index (κ2) is 4.11. The van der Waals surface area contributed by atoms with Crippen LogP contribution < -0.4 is 0 Å². The average Bonchev–Trinajstić information content (AvgIpc) is 2.41. The van der Waals surface area contributed by atoms with Gasteiger partial charge in [-0.2, -0.15) is 0 Å². The van der Waals surface area contributed by atoms with Crippen molar-refractivity contribution in [3.63, 3.8) is 0 Å². The molecule has 3 rings (SSSR count). The summed E-state index contributed by atoms with van der Waals surface area (Å²) in [5, 5.41) is 12.0. The maximum absolute atomic E-state index is 10.3. The lowest BCUT2D eigenvalue weighted by atomic mass is 9.86. The number of phenolic OH excluding ortho intramolecular Hbond substituents is 1. The van der Waals surface area contributed by atoms with E-state index in [0.717, 1.165) is 21.9 Å². The van der Waals surface area contributed by atoms with Crippen LogP contribution in [0.1, 0.15) is 17.0 Å². The van der Waals surface area contributed by atoms with Gasteiger partial charge in [0.2, 0.25) is 6.41 Å². The molecular weight excluding hydrogens is 226 g/mol. The molecule has 1 atom stereocenters. The maximum atomic E-state index is 10.3. The average molecular weight is 237 g/mol. The number of nitrogens with zero attached hydrogens (tertiary/aromatic N) is 1. The Morgan fingerprint density at radius 3 is 2.94 bits per heavy atom. The van der Waals surface area contributed by atoms with Crippen LogP contribution in [0, 0.1) is 0 Å². The summed E-state index contributed by atoms with van der Waals surface area (Å²) in [6, 6.07) is 9.57. The molecule has 88 valence electrons. The maximum Gasteiger partial charge on any atom is 0.232 e. The minimum Gasteiger partial charge on any atom is -0.507 e. The second-order valence-corrected chi connectivity index (χ2v) is 4.23. The Morgan fingerprint density at radius 2 is 2.11 bits per heavy atom. The first-order valence-corrected chi connectivity index (χ1v) is 5.71. The fourth-order valence-corrected chi connectivity index (χ4v) is 2.43. The highest BCUT2D eigenvalue weighted by Gasteiger charge is 2.17. The SMILES string of the molecule is O=CN=CC1C=Cc2c(O)ccc3cccc1c23. The highest BCUT2D eigenvalue weighted by molar-refractivity contribution is 6.00. The molecular formula is C15H11NO2. The molecule has 18 heavy (non-hydrogen) atoms. The molecule has 0 bridgehead atoms. The Bertz CT molecular complexity index is 686. The van der Waals surface area contributed by atoms with Crippen molar-refractivity contribution in [1.82, 2.24) is 0 Å². The van der Waals surface area contributed by atoms with Crippen molar-refractivity contribution in [3.05, 3.63) is 47.5 Å². The van der Waals surface area contributed by atoms with Crippen molar-refractivity contribution in [3.8, 4) is 5.75 Å². The Hall–Kier alpha value is -2.42. The monoisotopic (exact) mass is 237 g/mol. The zero-order valence-electron chi connectivity index (χ0n) is 9.58. The molecule has 2 aromatic carbocycles. The molecule has 1 unspecified atom stereocenters. The lowest BCUT2D eigenvalue weighted by Crippen LogP contribution is -2.03. The molecule has 0 aromatic heterocycles. The topological polar surface area (TPSA) is 49.7 Å². The molecule has 0 saturated carbocycles. The van der Waals surface area contributed by atoms with Crippen molar-refractivity contribution < 1.29 is 9.90 Å². The van der Waals surface area contributed by atoms with Crippen LogP contribution in [0.2, 0.25) is 0 Å². The number of carbonyl (C=O) groups is 1. The Balaban J connectivity index is 2.30. The standard InChI is InChI=1S/C15H11NO2/c17-9-16-8-11-4-6-13-14(18)7-5-10-2-1-3-12(11)15(10)13/h1-9,11,18H. The quantitative estimate of drug-likeness (QED) is 0.645. The van der Waals surface area contributed by atoms with E-state index in [2.05, 4.69) is 4.99 Å². The summed E-state index contributed by atoms with van der Waals surface area (Å²) < 4.78 is 0. The summed E-state index contributed by atoms with van der Waals surface area (Å²) in [5.41, 5.74) is 1.89. The molecule has 1 amide bonds. The van der Waals surface area contributed by atoms with E-state index >= 15 is 0 Å². The van der Waals surface area contributed by atoms with Gasteiger partial charge in [0.1, 0.15) is 5.75 Å². The van der Waals surface area contributed by atoms with Crippen molar-refractivity contribution in [1.29, 1.82) is 0 Å². The molecule has 3 nitrogen and oxygen atoms in total. The van der Waals surface area contributed by atoms with Crippen molar-refractivity contribution in [2.45, 2.75) is 5.92 Å². The first-order chi connectivity index (χ1) is 8.81. The number of rotatable bonds is 2. The summed E-state index contributed by atoms with van der Waals surface area (Å²) in [7, 11) is 0. The predicted octanol–water partition coefficient (Wildman–Crippen LogP) is 2.88. The van der Waals surface area contributed by atoms with Gasteiger partial charge in [0, 0.05) is 17.7 Å². The van der Waals surface area contributed by atoms with Crippen LogP contribution in [0.5, 0.6) is 5.75 Å². The number of aliphatic imine (C=N–C) groups is 1. The van der Waals surface area contributed by atoms with Crippen LogP contribution in [-0.2, 0) is 4.79 Å². The van der Waals surface area contributed by atoms with Gasteiger partial charge in [-0.15, -0.1) is 0 Å². The number of carbonyl (C=O) groups excluding carboxylic acids is 1. The van der Waals surface area contributed by atoms with Crippen molar-refractivity contribution in [2.75, 3.05) is 0 Å². The Morgan fingerprint density at radius 1 is 1.22 bits per heavy atom. The number of hydrogen-bond donors (Lipinski definition) is 1. The van der Waals surface area contributed by atoms with E-state index < -0.39 is 0 Å². The van der Waals surface area contributed by atoms with Crippen LogP contribution in [-0.4, -0.2) is 17.7 Å². The van der Waals surface area contributed by atoms with Crippen molar-refractivity contribution >= 4 is 29.5 Å². The van der Waals surface area contributed by atoms with Gasteiger partial charge in [0.05, 0.1) is 0 Å². The summed E-state index contributed by atoms with van der Waals surface area (Å²) >= 11 is 0. The van der Waals surface area contributed by atoms with E-state index in [1.165, 1.54) is 0 Å². The first kappa shape index (κ1) is 10.7. The van der Waals surface area contributed by atoms with Crippen LogP contribution in [0.4, 0.5) is 0 Å². The van der Waals surface area contributed by atoms with Gasteiger partial charge in [-0.25, -0.2) is 4.99 Å². The lowest BCUT2D eigenvalue weighted by molar-refractivity contribution is -0.106. The second-order valence-electron chi connectivity index (χ2n) is 4.23. The van der Waals surface area contributed by atoms with Gasteiger partial charge in [-0.3, -0.25) is 4.79 Å². The highest BCUT2D eigenvalue weighted by atomic mass is 16.3. The highest BCUT2D eigenvalue weighted by Crippen LogP contribution is 2.37. The molecule has 0 aliphatic heterocycles. The molecule has 1 aliphatic rings. The van der Waals surface area contributed by atoms with Gasteiger partial charge in [0.15, 0.2) is 0 Å². The third-order valence-electron chi connectivity index (χ3n) is 3.23. The lowest BCUT2D eigenvalue weighted by Gasteiger charge is -2.18. The van der Waals surface area contributed by atoms with Crippen LogP contribution in [0.25, 0.3) is 16.8 Å². The van der Waals surface area contributed by atoms with E-state index in [1.54, 1.807) is 12.3 Å². The largest absolute Gasteiger partial charge is 0.507 e. The summed E-state index contributed by atoms with van der Waals surface area (Å²) in [6.07, 6.45) is 5.97. The van der Waals surface area contributed by atoms with E-state index in [0.29, 0.717) is 6.41 Å².